The number of hydrogen-bond donors (Lipinski definition) is 3. The monoisotopic (exact) mass is 654 g/mol. The molecule has 47 heavy (non-hydrogen) atoms. The molecule has 0 spiro atoms. The number of aliphatic hydroxyl groups is 1. The lowest BCUT2D eigenvalue weighted by molar-refractivity contribution is -0.255. The van der Waals surface area contributed by atoms with Gasteiger partial charge in [0, 0.05) is 47.4 Å². The van der Waals surface area contributed by atoms with Gasteiger partial charge in [-0.05, 0) is 60.0 Å². The van der Waals surface area contributed by atoms with Crippen LogP contribution in [0.5, 0.6) is 0 Å². The number of esters is 1. The number of ether oxygens (including phenoxy) is 3. The molecule has 1 unspecified atom stereocenters. The lowest BCUT2D eigenvalue weighted by Crippen LogP contribution is -2.38. The van der Waals surface area contributed by atoms with Gasteiger partial charge in [-0.1, -0.05) is 66.7 Å². The number of hydrogen-bond acceptors (Lipinski definition) is 8. The van der Waals surface area contributed by atoms with Gasteiger partial charge in [-0.3, -0.25) is 14.4 Å². The third kappa shape index (κ3) is 9.08. The Kier molecular flexibility index (Phi) is 11.4. The Labute approximate surface area is 278 Å². The molecule has 10 heteroatoms. The highest BCUT2D eigenvalue weighted by Crippen LogP contribution is 2.48. The zero-order valence-electron chi connectivity index (χ0n) is 26.4. The Morgan fingerprint density at radius 3 is 2.17 bits per heavy atom. The molecule has 5 atom stereocenters. The van der Waals surface area contributed by atoms with Crippen molar-refractivity contribution in [3.8, 4) is 0 Å². The summed E-state index contributed by atoms with van der Waals surface area (Å²) in [4.78, 5) is 36.5. The largest absolute Gasteiger partial charge is 0.453 e. The molecule has 9 nitrogen and oxygen atoms in total. The second-order valence-electron chi connectivity index (χ2n) is 11.3. The molecule has 1 aliphatic heterocycles. The molecule has 0 bridgehead atoms. The summed E-state index contributed by atoms with van der Waals surface area (Å²) in [6.07, 6.45) is -2.43. The lowest BCUT2D eigenvalue weighted by atomic mass is 9.84. The van der Waals surface area contributed by atoms with Crippen LogP contribution in [0.2, 0.25) is 0 Å². The molecule has 0 saturated carbocycles. The zero-order chi connectivity index (χ0) is 33.3. The van der Waals surface area contributed by atoms with Gasteiger partial charge in [-0.15, -0.1) is 11.8 Å². The summed E-state index contributed by atoms with van der Waals surface area (Å²) in [7, 11) is 0. The molecule has 2 amide bonds. The van der Waals surface area contributed by atoms with Gasteiger partial charge in [0.1, 0.15) is 0 Å². The Bertz CT molecular complexity index is 1660. The van der Waals surface area contributed by atoms with Gasteiger partial charge in [0.05, 0.1) is 18.8 Å². The molecule has 5 rings (SSSR count). The predicted molar refractivity (Wildman–Crippen MR) is 181 cm³/mol. The molecule has 4 aromatic carbocycles. The molecule has 1 heterocycles. The molecule has 0 aromatic heterocycles. The molecule has 4 aromatic rings. The fraction of sp³-hybridized carbons (Fsp3) is 0.270. The molecule has 1 aliphatic rings. The highest BCUT2D eigenvalue weighted by atomic mass is 32.2. The number of amides is 2. The van der Waals surface area contributed by atoms with E-state index in [9.17, 15) is 19.5 Å². The number of thioether (sulfide) groups is 1. The molecule has 1 fully saturated rings. The van der Waals surface area contributed by atoms with Crippen molar-refractivity contribution in [2.45, 2.75) is 62.8 Å². The van der Waals surface area contributed by atoms with E-state index in [-0.39, 0.29) is 24.5 Å². The van der Waals surface area contributed by atoms with E-state index in [2.05, 4.69) is 22.8 Å². The standard InChI is InChI=1S/C37H38N2O7S/c1-23(44-25(3)42)36(43)39-31-11-7-10-29(20-31)37-45-33(22-47-32-18-16-30(17-19-32)38-24(2)41)34(27-8-5-4-6-9-27)35(46-37)28-14-12-26(21-40)13-15-28/h4-20,23,33-35,37,40H,21-22H2,1-3H3,(H,38,41)(H,39,43)/t23-,33+,34+,35-,37?/m0/s1. The summed E-state index contributed by atoms with van der Waals surface area (Å²) in [5.41, 5.74) is 4.76. The minimum Gasteiger partial charge on any atom is -0.453 e. The number of benzene rings is 4. The summed E-state index contributed by atoms with van der Waals surface area (Å²) < 4.78 is 18.6. The fourth-order valence-corrected chi connectivity index (χ4v) is 6.45. The maximum Gasteiger partial charge on any atom is 0.303 e. The van der Waals surface area contributed by atoms with Crippen molar-refractivity contribution in [1.82, 2.24) is 0 Å². The first-order valence-electron chi connectivity index (χ1n) is 15.3. The SMILES string of the molecule is CC(=O)Nc1ccc(SC[C@H]2OC(c3cccc(NC(=O)[C@H](C)OC(C)=O)c3)O[C@@H](c3ccc(CO)cc3)[C@@H]2c2ccccc2)cc1. The van der Waals surface area contributed by atoms with Gasteiger partial charge in [-0.25, -0.2) is 0 Å². The summed E-state index contributed by atoms with van der Waals surface area (Å²) in [6, 6.07) is 32.8. The second kappa shape index (κ2) is 15.9. The number of carbonyl (C=O) groups excluding carboxylic acids is 3. The fourth-order valence-electron chi connectivity index (χ4n) is 5.48. The third-order valence-corrected chi connectivity index (χ3v) is 8.80. The molecular formula is C37H38N2O7S. The molecule has 0 radical (unpaired) electrons. The molecular weight excluding hydrogens is 616 g/mol. The van der Waals surface area contributed by atoms with Crippen molar-refractivity contribution < 1.29 is 33.7 Å². The van der Waals surface area contributed by atoms with Crippen LogP contribution in [0, 0.1) is 0 Å². The van der Waals surface area contributed by atoms with Crippen molar-refractivity contribution in [1.29, 1.82) is 0 Å². The minimum absolute atomic E-state index is 0.0613. The Balaban J connectivity index is 1.46. The van der Waals surface area contributed by atoms with Gasteiger partial charge in [0.2, 0.25) is 5.91 Å². The zero-order valence-corrected chi connectivity index (χ0v) is 27.2. The van der Waals surface area contributed by atoms with E-state index in [0.29, 0.717) is 17.0 Å². The first-order chi connectivity index (χ1) is 22.7. The quantitative estimate of drug-likeness (QED) is 0.120. The summed E-state index contributed by atoms with van der Waals surface area (Å²) in [5, 5.41) is 15.3. The third-order valence-electron chi connectivity index (χ3n) is 7.70. The number of nitrogens with one attached hydrogen (secondary N) is 2. The van der Waals surface area contributed by atoms with Crippen LogP contribution in [0.1, 0.15) is 61.3 Å². The normalized spacial score (nSPS) is 19.7. The van der Waals surface area contributed by atoms with Crippen molar-refractivity contribution in [2.24, 2.45) is 0 Å². The van der Waals surface area contributed by atoms with Gasteiger partial charge in [-0.2, -0.15) is 0 Å². The number of anilines is 2. The smallest absolute Gasteiger partial charge is 0.303 e. The van der Waals surface area contributed by atoms with Crippen LogP contribution >= 0.6 is 11.8 Å². The number of carbonyl (C=O) groups is 3. The van der Waals surface area contributed by atoms with Crippen molar-refractivity contribution in [3.63, 3.8) is 0 Å². The first kappa shape index (κ1) is 33.9. The maximum absolute atomic E-state index is 12.7. The van der Waals surface area contributed by atoms with E-state index >= 15 is 0 Å². The van der Waals surface area contributed by atoms with E-state index in [0.717, 1.165) is 27.3 Å². The van der Waals surface area contributed by atoms with Crippen molar-refractivity contribution >= 4 is 40.9 Å². The highest BCUT2D eigenvalue weighted by molar-refractivity contribution is 7.99. The van der Waals surface area contributed by atoms with Gasteiger partial charge >= 0.3 is 5.97 Å². The van der Waals surface area contributed by atoms with Crippen molar-refractivity contribution in [2.75, 3.05) is 16.4 Å². The average molecular weight is 655 g/mol. The summed E-state index contributed by atoms with van der Waals surface area (Å²) in [5.74, 6) is -0.693. The van der Waals surface area contributed by atoms with Crippen LogP contribution in [-0.2, 0) is 35.2 Å². The minimum atomic E-state index is -0.954. The maximum atomic E-state index is 12.7. The highest BCUT2D eigenvalue weighted by Gasteiger charge is 2.42. The number of aliphatic hydroxyl groups excluding tert-OH is 1. The molecule has 244 valence electrons. The molecule has 1 saturated heterocycles. The van der Waals surface area contributed by atoms with Gasteiger partial charge < -0.3 is 30.0 Å². The van der Waals surface area contributed by atoms with Crippen LogP contribution in [-0.4, -0.2) is 40.9 Å². The van der Waals surface area contributed by atoms with Crippen LogP contribution < -0.4 is 10.6 Å². The van der Waals surface area contributed by atoms with Crippen molar-refractivity contribution in [3.05, 3.63) is 125 Å². The van der Waals surface area contributed by atoms with E-state index in [4.69, 9.17) is 14.2 Å². The van der Waals surface area contributed by atoms with E-state index in [1.165, 1.54) is 20.8 Å². The lowest BCUT2D eigenvalue weighted by Gasteiger charge is -2.43. The average Bonchev–Trinajstić information content (AvgIpc) is 3.07. The Morgan fingerprint density at radius 1 is 0.809 bits per heavy atom. The first-order valence-corrected chi connectivity index (χ1v) is 16.3. The van der Waals surface area contributed by atoms with Gasteiger partial charge in [0.25, 0.3) is 5.91 Å². The van der Waals surface area contributed by atoms with Crippen LogP contribution in [0.4, 0.5) is 11.4 Å². The second-order valence-corrected chi connectivity index (χ2v) is 12.4. The van der Waals surface area contributed by atoms with E-state index in [1.807, 2.05) is 78.9 Å². The topological polar surface area (TPSA) is 123 Å². The van der Waals surface area contributed by atoms with Crippen LogP contribution in [0.3, 0.4) is 0 Å². The van der Waals surface area contributed by atoms with Crippen LogP contribution in [0.25, 0.3) is 0 Å². The van der Waals surface area contributed by atoms with Crippen LogP contribution in [0.15, 0.2) is 108 Å². The van der Waals surface area contributed by atoms with E-state index in [1.54, 1.807) is 23.9 Å². The summed E-state index contributed by atoms with van der Waals surface area (Å²) in [6.45, 7) is 4.19. The predicted octanol–water partition coefficient (Wildman–Crippen LogP) is 6.76. The molecule has 3 N–H and O–H groups in total. The summed E-state index contributed by atoms with van der Waals surface area (Å²) >= 11 is 1.65. The molecule has 0 aliphatic carbocycles. The Hall–Kier alpha value is -4.48. The van der Waals surface area contributed by atoms with Gasteiger partial charge in [0.15, 0.2) is 12.4 Å². The Morgan fingerprint density at radius 2 is 1.51 bits per heavy atom. The van der Waals surface area contributed by atoms with E-state index < -0.39 is 30.4 Å². The number of rotatable bonds is 11.